The number of hydrogen-bond donors (Lipinski definition) is 1. The molecule has 2 heterocycles. The SMILES string of the molecule is CCN(Cc1ccccc1)[C@@H](c1cc2cc(C)c(C)cc2[nH]c1=O)c1nnnn1C1CCCCC1. The molecule has 0 saturated heterocycles. The van der Waals surface area contributed by atoms with Crippen molar-refractivity contribution in [1.29, 1.82) is 0 Å². The van der Waals surface area contributed by atoms with Crippen LogP contribution in [0.5, 0.6) is 0 Å². The van der Waals surface area contributed by atoms with Crippen LogP contribution in [0.25, 0.3) is 10.9 Å². The highest BCUT2D eigenvalue weighted by molar-refractivity contribution is 5.81. The van der Waals surface area contributed by atoms with Gasteiger partial charge in [-0.15, -0.1) is 5.10 Å². The van der Waals surface area contributed by atoms with Crippen molar-refractivity contribution < 1.29 is 0 Å². The summed E-state index contributed by atoms with van der Waals surface area (Å²) in [6.07, 6.45) is 5.77. The summed E-state index contributed by atoms with van der Waals surface area (Å²) >= 11 is 0. The number of tetrazole rings is 1. The van der Waals surface area contributed by atoms with Gasteiger partial charge >= 0.3 is 0 Å². The Bertz CT molecular complexity index is 1350. The van der Waals surface area contributed by atoms with Crippen LogP contribution in [0.15, 0.2) is 53.3 Å². The van der Waals surface area contributed by atoms with Crippen molar-refractivity contribution in [2.45, 2.75) is 71.5 Å². The fourth-order valence-electron chi connectivity index (χ4n) is 5.37. The topological polar surface area (TPSA) is 79.7 Å². The second-order valence-electron chi connectivity index (χ2n) is 9.80. The largest absolute Gasteiger partial charge is 0.322 e. The predicted molar refractivity (Wildman–Crippen MR) is 138 cm³/mol. The smallest absolute Gasteiger partial charge is 0.253 e. The highest BCUT2D eigenvalue weighted by atomic mass is 16.1. The third-order valence-corrected chi connectivity index (χ3v) is 7.47. The lowest BCUT2D eigenvalue weighted by Crippen LogP contribution is -2.35. The third-order valence-electron chi connectivity index (χ3n) is 7.47. The lowest BCUT2D eigenvalue weighted by Gasteiger charge is -2.32. The average Bonchev–Trinajstić information content (AvgIpc) is 3.36. The molecule has 1 aliphatic rings. The van der Waals surface area contributed by atoms with E-state index in [4.69, 9.17) is 0 Å². The minimum Gasteiger partial charge on any atom is -0.322 e. The molecule has 1 atom stereocenters. The molecule has 5 rings (SSSR count). The first-order valence-electron chi connectivity index (χ1n) is 12.7. The quantitative estimate of drug-likeness (QED) is 0.399. The van der Waals surface area contributed by atoms with E-state index in [1.54, 1.807) is 0 Å². The first-order valence-corrected chi connectivity index (χ1v) is 12.7. The number of H-pyrrole nitrogens is 1. The van der Waals surface area contributed by atoms with Gasteiger partial charge in [-0.25, -0.2) is 4.68 Å². The van der Waals surface area contributed by atoms with Crippen molar-refractivity contribution in [3.8, 4) is 0 Å². The molecule has 1 fully saturated rings. The van der Waals surface area contributed by atoms with Crippen molar-refractivity contribution in [3.63, 3.8) is 0 Å². The minimum absolute atomic E-state index is 0.0875. The molecule has 0 bridgehead atoms. The average molecular weight is 471 g/mol. The molecule has 2 aromatic carbocycles. The van der Waals surface area contributed by atoms with Crippen LogP contribution in [-0.2, 0) is 6.54 Å². The Hall–Kier alpha value is -3.32. The molecule has 0 aliphatic heterocycles. The molecular formula is C28H34N6O. The van der Waals surface area contributed by atoms with Gasteiger partial charge in [0.2, 0.25) is 0 Å². The summed E-state index contributed by atoms with van der Waals surface area (Å²) in [5, 5.41) is 14.1. The lowest BCUT2D eigenvalue weighted by atomic mass is 9.95. The highest BCUT2D eigenvalue weighted by Gasteiger charge is 2.32. The third kappa shape index (κ3) is 4.78. The van der Waals surface area contributed by atoms with E-state index < -0.39 is 0 Å². The molecule has 7 heteroatoms. The van der Waals surface area contributed by atoms with Gasteiger partial charge < -0.3 is 4.98 Å². The number of aromatic nitrogens is 5. The number of fused-ring (bicyclic) bond motifs is 1. The Kier molecular flexibility index (Phi) is 6.77. The molecule has 182 valence electrons. The highest BCUT2D eigenvalue weighted by Crippen LogP contribution is 2.33. The number of nitrogens with one attached hydrogen (secondary N) is 1. The van der Waals surface area contributed by atoms with Gasteiger partial charge in [-0.3, -0.25) is 9.69 Å². The van der Waals surface area contributed by atoms with E-state index in [2.05, 4.69) is 82.6 Å². The van der Waals surface area contributed by atoms with E-state index in [1.165, 1.54) is 30.4 Å². The zero-order chi connectivity index (χ0) is 24.4. The molecule has 35 heavy (non-hydrogen) atoms. The fourth-order valence-corrected chi connectivity index (χ4v) is 5.37. The van der Waals surface area contributed by atoms with E-state index in [1.807, 2.05) is 16.8 Å². The Labute approximate surface area is 206 Å². The van der Waals surface area contributed by atoms with Gasteiger partial charge in [0.05, 0.1) is 6.04 Å². The van der Waals surface area contributed by atoms with Crippen molar-refractivity contribution in [3.05, 3.63) is 87.0 Å². The van der Waals surface area contributed by atoms with Gasteiger partial charge in [0.25, 0.3) is 5.56 Å². The number of rotatable bonds is 7. The van der Waals surface area contributed by atoms with Gasteiger partial charge in [-0.2, -0.15) is 0 Å². The van der Waals surface area contributed by atoms with Gasteiger partial charge in [0.1, 0.15) is 6.04 Å². The van der Waals surface area contributed by atoms with E-state index in [0.29, 0.717) is 12.1 Å². The predicted octanol–water partition coefficient (Wildman–Crippen LogP) is 5.25. The summed E-state index contributed by atoms with van der Waals surface area (Å²) in [5.74, 6) is 0.753. The molecule has 1 aliphatic carbocycles. The van der Waals surface area contributed by atoms with Gasteiger partial charge in [-0.05, 0) is 83.9 Å². The molecule has 2 aromatic heterocycles. The zero-order valence-corrected chi connectivity index (χ0v) is 20.9. The van der Waals surface area contributed by atoms with Crippen molar-refractivity contribution >= 4 is 10.9 Å². The Balaban J connectivity index is 1.66. The molecule has 4 aromatic rings. The maximum atomic E-state index is 13.6. The van der Waals surface area contributed by atoms with Crippen LogP contribution in [0, 0.1) is 13.8 Å². The summed E-state index contributed by atoms with van der Waals surface area (Å²) in [6.45, 7) is 7.76. The van der Waals surface area contributed by atoms with E-state index in [9.17, 15) is 4.79 Å². The second kappa shape index (κ2) is 10.1. The summed E-state index contributed by atoms with van der Waals surface area (Å²) in [6, 6.07) is 16.6. The summed E-state index contributed by atoms with van der Waals surface area (Å²) < 4.78 is 2.00. The number of aryl methyl sites for hydroxylation is 2. The number of pyridine rings is 1. The normalized spacial score (nSPS) is 15.7. The Morgan fingerprint density at radius 1 is 1.06 bits per heavy atom. The maximum Gasteiger partial charge on any atom is 0.253 e. The van der Waals surface area contributed by atoms with Crippen LogP contribution in [-0.4, -0.2) is 36.6 Å². The molecule has 0 radical (unpaired) electrons. The minimum atomic E-state index is -0.355. The summed E-state index contributed by atoms with van der Waals surface area (Å²) in [4.78, 5) is 19.0. The van der Waals surface area contributed by atoms with Gasteiger partial charge in [0, 0.05) is 17.6 Å². The fraction of sp³-hybridized carbons (Fsp3) is 0.429. The van der Waals surface area contributed by atoms with E-state index in [-0.39, 0.29) is 17.6 Å². The summed E-state index contributed by atoms with van der Waals surface area (Å²) in [5.41, 5.74) is 5.02. The molecule has 0 amide bonds. The number of aromatic amines is 1. The number of benzene rings is 2. The maximum absolute atomic E-state index is 13.6. The van der Waals surface area contributed by atoms with Crippen LogP contribution in [0.3, 0.4) is 0 Å². The van der Waals surface area contributed by atoms with Gasteiger partial charge in [-0.1, -0.05) is 56.5 Å². The molecule has 0 unspecified atom stereocenters. The summed E-state index contributed by atoms with van der Waals surface area (Å²) in [7, 11) is 0. The van der Waals surface area contributed by atoms with Crippen molar-refractivity contribution in [1.82, 2.24) is 30.1 Å². The van der Waals surface area contributed by atoms with E-state index >= 15 is 0 Å². The molecule has 7 nitrogen and oxygen atoms in total. The van der Waals surface area contributed by atoms with Gasteiger partial charge in [0.15, 0.2) is 5.82 Å². The first kappa shape index (κ1) is 23.4. The lowest BCUT2D eigenvalue weighted by molar-refractivity contribution is 0.204. The second-order valence-corrected chi connectivity index (χ2v) is 9.80. The molecule has 0 spiro atoms. The van der Waals surface area contributed by atoms with Crippen LogP contribution in [0.4, 0.5) is 0 Å². The van der Waals surface area contributed by atoms with Crippen LogP contribution in [0.1, 0.15) is 79.2 Å². The van der Waals surface area contributed by atoms with Crippen LogP contribution >= 0.6 is 0 Å². The first-order chi connectivity index (χ1) is 17.0. The van der Waals surface area contributed by atoms with Crippen molar-refractivity contribution in [2.75, 3.05) is 6.54 Å². The zero-order valence-electron chi connectivity index (χ0n) is 20.9. The Morgan fingerprint density at radius 3 is 2.54 bits per heavy atom. The molecule has 1 saturated carbocycles. The van der Waals surface area contributed by atoms with E-state index in [0.717, 1.165) is 41.7 Å². The number of hydrogen-bond acceptors (Lipinski definition) is 5. The Morgan fingerprint density at radius 2 is 1.80 bits per heavy atom. The molecular weight excluding hydrogens is 436 g/mol. The molecule has 1 N–H and O–H groups in total. The monoisotopic (exact) mass is 470 g/mol. The standard InChI is InChI=1S/C28H34N6O/c1-4-33(18-21-11-7-5-8-12-21)26(27-30-31-32-34(27)23-13-9-6-10-14-23)24-17-22-15-19(2)20(3)16-25(22)29-28(24)35/h5,7-8,11-12,15-17,23,26H,4,6,9-10,13-14,18H2,1-3H3,(H,29,35)/t26-/m0/s1. The van der Waals surface area contributed by atoms with Crippen LogP contribution in [0.2, 0.25) is 0 Å². The number of nitrogens with zero attached hydrogens (tertiary/aromatic N) is 5. The van der Waals surface area contributed by atoms with Crippen molar-refractivity contribution in [2.24, 2.45) is 0 Å². The van der Waals surface area contributed by atoms with Crippen LogP contribution < -0.4 is 5.56 Å².